The Hall–Kier alpha value is -0.400. The topological polar surface area (TPSA) is 17.1 Å². The van der Waals surface area contributed by atoms with Gasteiger partial charge in [0.2, 0.25) is 0 Å². The lowest BCUT2D eigenvalue weighted by molar-refractivity contribution is -0.131. The average Bonchev–Trinajstić information content (AvgIpc) is 2.09. The van der Waals surface area contributed by atoms with Crippen molar-refractivity contribution in [1.29, 1.82) is 0 Å². The standard InChI is InChI=1S/C13H23FO/c1-10(2)9-11(15)12(3)5-7-13(4,14)8-6-12/h10H,5-9H2,1-4H3. The van der Waals surface area contributed by atoms with Crippen molar-refractivity contribution < 1.29 is 9.18 Å². The van der Waals surface area contributed by atoms with E-state index in [9.17, 15) is 9.18 Å². The molecule has 0 aliphatic heterocycles. The van der Waals surface area contributed by atoms with Crippen LogP contribution in [0.4, 0.5) is 4.39 Å². The van der Waals surface area contributed by atoms with Gasteiger partial charge in [0.1, 0.15) is 11.5 Å². The first-order valence-electron chi connectivity index (χ1n) is 5.97. The summed E-state index contributed by atoms with van der Waals surface area (Å²) in [5.41, 5.74) is -1.30. The van der Waals surface area contributed by atoms with E-state index in [1.807, 2.05) is 6.92 Å². The lowest BCUT2D eigenvalue weighted by Crippen LogP contribution is -2.37. The second kappa shape index (κ2) is 4.23. The molecule has 0 radical (unpaired) electrons. The smallest absolute Gasteiger partial charge is 0.139 e. The van der Waals surface area contributed by atoms with Crippen molar-refractivity contribution in [2.24, 2.45) is 11.3 Å². The Balaban J connectivity index is 2.58. The predicted molar refractivity (Wildman–Crippen MR) is 60.6 cm³/mol. The van der Waals surface area contributed by atoms with Gasteiger partial charge in [0.05, 0.1) is 0 Å². The van der Waals surface area contributed by atoms with E-state index in [1.54, 1.807) is 6.92 Å². The molecule has 0 heterocycles. The highest BCUT2D eigenvalue weighted by molar-refractivity contribution is 5.84. The number of Topliss-reactive ketones (excluding diaryl/α,β-unsaturated/α-hetero) is 1. The number of hydrogen-bond donors (Lipinski definition) is 0. The third-order valence-corrected chi connectivity index (χ3v) is 3.66. The van der Waals surface area contributed by atoms with Gasteiger partial charge in [0, 0.05) is 11.8 Å². The van der Waals surface area contributed by atoms with Crippen molar-refractivity contribution in [2.75, 3.05) is 0 Å². The van der Waals surface area contributed by atoms with Crippen LogP contribution in [0, 0.1) is 11.3 Å². The number of halogens is 1. The first-order valence-corrected chi connectivity index (χ1v) is 5.97. The minimum Gasteiger partial charge on any atom is -0.299 e. The normalized spacial score (nSPS) is 36.9. The molecule has 0 bridgehead atoms. The SMILES string of the molecule is CC(C)CC(=O)C1(C)CCC(C)(F)CC1. The van der Waals surface area contributed by atoms with Gasteiger partial charge in [-0.3, -0.25) is 4.79 Å². The van der Waals surface area contributed by atoms with Gasteiger partial charge in [0.15, 0.2) is 0 Å². The highest BCUT2D eigenvalue weighted by atomic mass is 19.1. The Morgan fingerprint density at radius 1 is 1.20 bits per heavy atom. The van der Waals surface area contributed by atoms with Crippen LogP contribution >= 0.6 is 0 Å². The third kappa shape index (κ3) is 3.29. The van der Waals surface area contributed by atoms with Gasteiger partial charge < -0.3 is 0 Å². The molecule has 1 saturated carbocycles. The predicted octanol–water partition coefficient (Wildman–Crippen LogP) is 3.91. The lowest BCUT2D eigenvalue weighted by Gasteiger charge is -2.38. The van der Waals surface area contributed by atoms with Gasteiger partial charge in [0.25, 0.3) is 0 Å². The van der Waals surface area contributed by atoms with Crippen molar-refractivity contribution in [2.45, 2.75) is 65.5 Å². The second-order valence-electron chi connectivity index (χ2n) is 6.00. The molecule has 0 aromatic carbocycles. The summed E-state index contributed by atoms with van der Waals surface area (Å²) in [7, 11) is 0. The van der Waals surface area contributed by atoms with Crippen LogP contribution in [-0.4, -0.2) is 11.5 Å². The number of carbonyl (C=O) groups excluding carboxylic acids is 1. The summed E-state index contributed by atoms with van der Waals surface area (Å²) >= 11 is 0. The monoisotopic (exact) mass is 214 g/mol. The molecule has 0 atom stereocenters. The molecule has 0 N–H and O–H groups in total. The number of alkyl halides is 1. The van der Waals surface area contributed by atoms with E-state index >= 15 is 0 Å². The fourth-order valence-electron chi connectivity index (χ4n) is 2.22. The van der Waals surface area contributed by atoms with E-state index < -0.39 is 5.67 Å². The maximum atomic E-state index is 13.6. The van der Waals surface area contributed by atoms with Gasteiger partial charge in [-0.2, -0.15) is 0 Å². The number of ketones is 1. The molecule has 0 unspecified atom stereocenters. The van der Waals surface area contributed by atoms with Crippen molar-refractivity contribution in [3.63, 3.8) is 0 Å². The molecule has 0 aromatic rings. The Morgan fingerprint density at radius 2 is 1.67 bits per heavy atom. The van der Waals surface area contributed by atoms with Crippen molar-refractivity contribution in [1.82, 2.24) is 0 Å². The summed E-state index contributed by atoms with van der Waals surface area (Å²) in [6.07, 6.45) is 3.14. The fourth-order valence-corrected chi connectivity index (χ4v) is 2.22. The molecule has 0 spiro atoms. The van der Waals surface area contributed by atoms with Crippen molar-refractivity contribution in [3.05, 3.63) is 0 Å². The summed E-state index contributed by atoms with van der Waals surface area (Å²) in [5.74, 6) is 0.737. The van der Waals surface area contributed by atoms with E-state index in [0.29, 0.717) is 43.8 Å². The number of hydrogen-bond acceptors (Lipinski definition) is 1. The summed E-state index contributed by atoms with van der Waals surface area (Å²) in [5, 5.41) is 0. The summed E-state index contributed by atoms with van der Waals surface area (Å²) < 4.78 is 13.6. The molecule has 1 aliphatic carbocycles. The highest BCUT2D eigenvalue weighted by Crippen LogP contribution is 2.43. The summed E-state index contributed by atoms with van der Waals surface area (Å²) in [4.78, 5) is 12.0. The van der Waals surface area contributed by atoms with Crippen LogP contribution in [0.3, 0.4) is 0 Å². The maximum Gasteiger partial charge on any atom is 0.139 e. The molecule has 1 nitrogen and oxygen atoms in total. The van der Waals surface area contributed by atoms with Crippen molar-refractivity contribution >= 4 is 5.78 Å². The Bertz CT molecular complexity index is 233. The minimum absolute atomic E-state index is 0.254. The first kappa shape index (κ1) is 12.7. The number of rotatable bonds is 3. The van der Waals surface area contributed by atoms with Gasteiger partial charge in [-0.1, -0.05) is 20.8 Å². The summed E-state index contributed by atoms with van der Waals surface area (Å²) in [6, 6.07) is 0. The quantitative estimate of drug-likeness (QED) is 0.696. The molecule has 15 heavy (non-hydrogen) atoms. The van der Waals surface area contributed by atoms with Crippen LogP contribution in [0.5, 0.6) is 0 Å². The molecule has 0 amide bonds. The molecule has 0 aromatic heterocycles. The summed E-state index contributed by atoms with van der Waals surface area (Å²) in [6.45, 7) is 7.78. The molecule has 1 fully saturated rings. The molecular formula is C13H23FO. The van der Waals surface area contributed by atoms with E-state index in [-0.39, 0.29) is 5.41 Å². The van der Waals surface area contributed by atoms with Gasteiger partial charge >= 0.3 is 0 Å². The zero-order valence-electron chi connectivity index (χ0n) is 10.4. The molecular weight excluding hydrogens is 191 g/mol. The Labute approximate surface area is 92.4 Å². The molecule has 0 saturated heterocycles. The minimum atomic E-state index is -1.04. The fraction of sp³-hybridized carbons (Fsp3) is 0.923. The lowest BCUT2D eigenvalue weighted by atomic mass is 9.67. The van der Waals surface area contributed by atoms with Crippen LogP contribution < -0.4 is 0 Å². The van der Waals surface area contributed by atoms with Crippen LogP contribution in [-0.2, 0) is 4.79 Å². The van der Waals surface area contributed by atoms with Gasteiger partial charge in [-0.25, -0.2) is 4.39 Å². The maximum absolute atomic E-state index is 13.6. The van der Waals surface area contributed by atoms with Crippen LogP contribution in [0.1, 0.15) is 59.8 Å². The van der Waals surface area contributed by atoms with Gasteiger partial charge in [-0.05, 0) is 38.5 Å². The van der Waals surface area contributed by atoms with E-state index in [2.05, 4.69) is 13.8 Å². The van der Waals surface area contributed by atoms with Crippen LogP contribution in [0.2, 0.25) is 0 Å². The van der Waals surface area contributed by atoms with Crippen LogP contribution in [0.15, 0.2) is 0 Å². The number of carbonyl (C=O) groups is 1. The second-order valence-corrected chi connectivity index (χ2v) is 6.00. The van der Waals surface area contributed by atoms with Crippen LogP contribution in [0.25, 0.3) is 0 Å². The van der Waals surface area contributed by atoms with Gasteiger partial charge in [-0.15, -0.1) is 0 Å². The zero-order chi connectivity index (χ0) is 11.7. The van der Waals surface area contributed by atoms with Crippen molar-refractivity contribution in [3.8, 4) is 0 Å². The third-order valence-electron chi connectivity index (χ3n) is 3.66. The molecule has 2 heteroatoms. The first-order chi connectivity index (χ1) is 6.75. The molecule has 88 valence electrons. The zero-order valence-corrected chi connectivity index (χ0v) is 10.4. The average molecular weight is 214 g/mol. The van der Waals surface area contributed by atoms with E-state index in [0.717, 1.165) is 0 Å². The highest BCUT2D eigenvalue weighted by Gasteiger charge is 2.41. The largest absolute Gasteiger partial charge is 0.299 e. The molecule has 1 aliphatic rings. The Kier molecular flexibility index (Phi) is 3.57. The molecule has 1 rings (SSSR count). The Morgan fingerprint density at radius 3 is 2.07 bits per heavy atom. The van der Waals surface area contributed by atoms with E-state index in [1.165, 1.54) is 0 Å². The van der Waals surface area contributed by atoms with E-state index in [4.69, 9.17) is 0 Å².